The van der Waals surface area contributed by atoms with E-state index in [2.05, 4.69) is 4.90 Å². The van der Waals surface area contributed by atoms with Crippen molar-refractivity contribution in [1.82, 2.24) is 4.90 Å². The van der Waals surface area contributed by atoms with Crippen LogP contribution in [-0.4, -0.2) is 34.8 Å². The van der Waals surface area contributed by atoms with Crippen LogP contribution in [0.5, 0.6) is 5.75 Å². The van der Waals surface area contributed by atoms with E-state index >= 15 is 0 Å². The number of benzene rings is 1. The van der Waals surface area contributed by atoms with Crippen molar-refractivity contribution in [2.24, 2.45) is 5.92 Å². The fourth-order valence-corrected chi connectivity index (χ4v) is 3.44. The largest absolute Gasteiger partial charge is 0.508 e. The van der Waals surface area contributed by atoms with Gasteiger partial charge in [-0.05, 0) is 51.6 Å². The molecule has 0 amide bonds. The van der Waals surface area contributed by atoms with Gasteiger partial charge in [0.15, 0.2) is 0 Å². The molecule has 3 heteroatoms. The molecule has 106 valence electrons. The maximum Gasteiger partial charge on any atom is 0.115 e. The third kappa shape index (κ3) is 3.10. The van der Waals surface area contributed by atoms with Crippen molar-refractivity contribution >= 4 is 0 Å². The average molecular weight is 263 g/mol. The Hall–Kier alpha value is -1.06. The fraction of sp³-hybridized carbons (Fsp3) is 0.625. The summed E-state index contributed by atoms with van der Waals surface area (Å²) in [5, 5.41) is 20.4. The Morgan fingerprint density at radius 3 is 2.63 bits per heavy atom. The number of phenolic OH excluding ortho intramolecular Hbond substituents is 1. The van der Waals surface area contributed by atoms with E-state index in [-0.39, 0.29) is 12.0 Å². The number of aromatic hydroxyl groups is 1. The molecule has 1 aliphatic rings. The van der Waals surface area contributed by atoms with E-state index in [4.69, 9.17) is 0 Å². The Labute approximate surface area is 115 Å². The van der Waals surface area contributed by atoms with Gasteiger partial charge in [0.25, 0.3) is 0 Å². The molecule has 0 aromatic heterocycles. The lowest BCUT2D eigenvalue weighted by molar-refractivity contribution is -0.0631. The standard InChI is InChI=1S/C16H25NO2/c1-16(19)10-5-4-9-14(16)15(17(2)3)12-7-6-8-13(18)11-12/h6-8,11,14-15,18-19H,4-5,9-10H2,1-3H3/t14-,15?,16-/m1/s1. The van der Waals surface area contributed by atoms with Crippen molar-refractivity contribution < 1.29 is 10.2 Å². The van der Waals surface area contributed by atoms with Crippen LogP contribution in [0.2, 0.25) is 0 Å². The zero-order chi connectivity index (χ0) is 14.0. The first-order chi connectivity index (χ1) is 8.92. The second-order valence-corrected chi connectivity index (χ2v) is 6.21. The van der Waals surface area contributed by atoms with Gasteiger partial charge in [0.2, 0.25) is 0 Å². The van der Waals surface area contributed by atoms with E-state index in [1.807, 2.05) is 39.2 Å². The summed E-state index contributed by atoms with van der Waals surface area (Å²) < 4.78 is 0. The smallest absolute Gasteiger partial charge is 0.115 e. The Bertz CT molecular complexity index is 429. The number of aliphatic hydroxyl groups is 1. The highest BCUT2D eigenvalue weighted by molar-refractivity contribution is 5.30. The first-order valence-corrected chi connectivity index (χ1v) is 7.09. The van der Waals surface area contributed by atoms with E-state index in [0.29, 0.717) is 5.75 Å². The molecule has 1 aliphatic carbocycles. The highest BCUT2D eigenvalue weighted by Gasteiger charge is 2.40. The molecule has 1 aromatic rings. The van der Waals surface area contributed by atoms with Crippen LogP contribution >= 0.6 is 0 Å². The lowest BCUT2D eigenvalue weighted by Gasteiger charge is -2.44. The van der Waals surface area contributed by atoms with Crippen molar-refractivity contribution in [1.29, 1.82) is 0 Å². The van der Waals surface area contributed by atoms with Gasteiger partial charge in [-0.15, -0.1) is 0 Å². The van der Waals surface area contributed by atoms with Crippen LogP contribution in [0.15, 0.2) is 24.3 Å². The molecule has 19 heavy (non-hydrogen) atoms. The van der Waals surface area contributed by atoms with E-state index < -0.39 is 5.60 Å². The molecule has 0 radical (unpaired) electrons. The lowest BCUT2D eigenvalue weighted by Crippen LogP contribution is -2.44. The molecule has 0 bridgehead atoms. The molecule has 1 fully saturated rings. The van der Waals surface area contributed by atoms with Gasteiger partial charge in [-0.2, -0.15) is 0 Å². The average Bonchev–Trinajstić information content (AvgIpc) is 2.31. The van der Waals surface area contributed by atoms with Gasteiger partial charge in [0, 0.05) is 12.0 Å². The SMILES string of the molecule is CN(C)C(c1cccc(O)c1)[C@H]1CCCC[C@@]1(C)O. The molecule has 0 heterocycles. The topological polar surface area (TPSA) is 43.7 Å². The lowest BCUT2D eigenvalue weighted by atomic mass is 9.71. The quantitative estimate of drug-likeness (QED) is 0.881. The second-order valence-electron chi connectivity index (χ2n) is 6.21. The second kappa shape index (κ2) is 5.51. The summed E-state index contributed by atoms with van der Waals surface area (Å²) in [6.45, 7) is 1.95. The fourth-order valence-electron chi connectivity index (χ4n) is 3.44. The van der Waals surface area contributed by atoms with Crippen LogP contribution in [-0.2, 0) is 0 Å². The summed E-state index contributed by atoms with van der Waals surface area (Å²) in [7, 11) is 4.08. The van der Waals surface area contributed by atoms with Crippen LogP contribution in [0.3, 0.4) is 0 Å². The third-order valence-corrected chi connectivity index (χ3v) is 4.40. The predicted molar refractivity (Wildman–Crippen MR) is 77.1 cm³/mol. The minimum atomic E-state index is -0.626. The van der Waals surface area contributed by atoms with Gasteiger partial charge in [0.1, 0.15) is 5.75 Å². The minimum Gasteiger partial charge on any atom is -0.508 e. The first-order valence-electron chi connectivity index (χ1n) is 7.09. The first kappa shape index (κ1) is 14.4. The monoisotopic (exact) mass is 263 g/mol. The van der Waals surface area contributed by atoms with Crippen LogP contribution in [0.4, 0.5) is 0 Å². The van der Waals surface area contributed by atoms with Crippen molar-refractivity contribution in [3.8, 4) is 5.75 Å². The summed E-state index contributed by atoms with van der Waals surface area (Å²) in [6, 6.07) is 7.56. The van der Waals surface area contributed by atoms with Crippen molar-refractivity contribution in [3.63, 3.8) is 0 Å². The molecular weight excluding hydrogens is 238 g/mol. The van der Waals surface area contributed by atoms with Gasteiger partial charge in [-0.25, -0.2) is 0 Å². The van der Waals surface area contributed by atoms with E-state index in [0.717, 1.165) is 24.8 Å². The van der Waals surface area contributed by atoms with Gasteiger partial charge >= 0.3 is 0 Å². The molecule has 0 aliphatic heterocycles. The molecule has 1 aromatic carbocycles. The van der Waals surface area contributed by atoms with Crippen molar-refractivity contribution in [2.45, 2.75) is 44.2 Å². The van der Waals surface area contributed by atoms with Gasteiger partial charge in [0.05, 0.1) is 5.60 Å². The number of nitrogens with zero attached hydrogens (tertiary/aromatic N) is 1. The highest BCUT2D eigenvalue weighted by Crippen LogP contribution is 2.43. The van der Waals surface area contributed by atoms with E-state index in [1.165, 1.54) is 6.42 Å². The van der Waals surface area contributed by atoms with Crippen LogP contribution < -0.4 is 0 Å². The number of hydrogen-bond donors (Lipinski definition) is 2. The van der Waals surface area contributed by atoms with Crippen LogP contribution in [0, 0.1) is 5.92 Å². The summed E-state index contributed by atoms with van der Waals surface area (Å²) >= 11 is 0. The molecule has 0 spiro atoms. The molecule has 1 saturated carbocycles. The minimum absolute atomic E-state index is 0.141. The zero-order valence-corrected chi connectivity index (χ0v) is 12.1. The normalized spacial score (nSPS) is 29.4. The Kier molecular flexibility index (Phi) is 4.16. The molecule has 2 N–H and O–H groups in total. The highest BCUT2D eigenvalue weighted by atomic mass is 16.3. The van der Waals surface area contributed by atoms with E-state index in [9.17, 15) is 10.2 Å². The summed E-state index contributed by atoms with van der Waals surface area (Å²) in [5.41, 5.74) is 0.454. The molecular formula is C16H25NO2. The Morgan fingerprint density at radius 1 is 1.32 bits per heavy atom. The summed E-state index contributed by atoms with van der Waals surface area (Å²) in [5.74, 6) is 0.498. The van der Waals surface area contributed by atoms with Gasteiger partial charge in [-0.1, -0.05) is 25.0 Å². The van der Waals surface area contributed by atoms with Gasteiger partial charge in [-0.3, -0.25) is 0 Å². The van der Waals surface area contributed by atoms with E-state index in [1.54, 1.807) is 6.07 Å². The summed E-state index contributed by atoms with van der Waals surface area (Å²) in [4.78, 5) is 2.15. The maximum absolute atomic E-state index is 10.7. The maximum atomic E-state index is 10.7. The molecule has 0 saturated heterocycles. The van der Waals surface area contributed by atoms with Crippen molar-refractivity contribution in [2.75, 3.05) is 14.1 Å². The predicted octanol–water partition coefficient (Wildman–Crippen LogP) is 2.94. The Morgan fingerprint density at radius 2 is 2.05 bits per heavy atom. The summed E-state index contributed by atoms with van der Waals surface area (Å²) in [6.07, 6.45) is 4.17. The van der Waals surface area contributed by atoms with Gasteiger partial charge < -0.3 is 15.1 Å². The van der Waals surface area contributed by atoms with Crippen LogP contribution in [0.25, 0.3) is 0 Å². The van der Waals surface area contributed by atoms with Crippen molar-refractivity contribution in [3.05, 3.63) is 29.8 Å². The number of hydrogen-bond acceptors (Lipinski definition) is 3. The zero-order valence-electron chi connectivity index (χ0n) is 12.1. The van der Waals surface area contributed by atoms with Crippen LogP contribution in [0.1, 0.15) is 44.2 Å². The third-order valence-electron chi connectivity index (χ3n) is 4.40. The molecule has 3 atom stereocenters. The molecule has 1 unspecified atom stereocenters. The molecule has 2 rings (SSSR count). The number of rotatable bonds is 3. The molecule has 3 nitrogen and oxygen atoms in total. The number of phenols is 1. The Balaban J connectivity index is 2.34.